The van der Waals surface area contributed by atoms with Crippen molar-refractivity contribution in [1.82, 2.24) is 9.88 Å². The number of piperidine rings is 1. The quantitative estimate of drug-likeness (QED) is 0.586. The second-order valence-electron chi connectivity index (χ2n) is 7.49. The summed E-state index contributed by atoms with van der Waals surface area (Å²) in [6, 6.07) is 15.2. The molecule has 0 unspecified atom stereocenters. The van der Waals surface area contributed by atoms with E-state index in [1.165, 1.54) is 11.8 Å². The van der Waals surface area contributed by atoms with Crippen LogP contribution in [0.5, 0.6) is 0 Å². The Morgan fingerprint density at radius 3 is 2.62 bits per heavy atom. The van der Waals surface area contributed by atoms with Gasteiger partial charge in [0.05, 0.1) is 11.1 Å². The number of likely N-dealkylation sites (tertiary alicyclic amines) is 1. The van der Waals surface area contributed by atoms with Gasteiger partial charge in [0.2, 0.25) is 0 Å². The largest absolute Gasteiger partial charge is 0.489 e. The summed E-state index contributed by atoms with van der Waals surface area (Å²) < 4.78 is 0. The first-order valence-corrected chi connectivity index (χ1v) is 9.90. The number of pyridine rings is 1. The minimum Gasteiger partial charge on any atom is -0.423 e. The molecule has 0 saturated carbocycles. The molecular weight excluding hydrogens is 365 g/mol. The van der Waals surface area contributed by atoms with Crippen LogP contribution in [-0.4, -0.2) is 46.0 Å². The number of nitrogens with two attached hydrogens (primary N) is 1. The molecule has 0 bridgehead atoms. The molecule has 1 amide bonds. The average Bonchev–Trinajstić information content (AvgIpc) is 2.77. The zero-order valence-corrected chi connectivity index (χ0v) is 16.2. The molecule has 1 aliphatic heterocycles. The number of fused-ring (bicyclic) bond motifs is 1. The molecule has 6 nitrogen and oxygen atoms in total. The highest BCUT2D eigenvalue weighted by Crippen LogP contribution is 2.29. The lowest BCUT2D eigenvalue weighted by Gasteiger charge is -2.32. The van der Waals surface area contributed by atoms with Gasteiger partial charge in [-0.15, -0.1) is 0 Å². The molecule has 148 valence electrons. The molecule has 1 saturated heterocycles. The molecule has 1 aromatic heterocycles. The number of carbonyl (C=O) groups excluding carboxylic acids is 1. The first-order chi connectivity index (χ1) is 14.1. The van der Waals surface area contributed by atoms with Crippen LogP contribution >= 0.6 is 0 Å². The predicted octanol–water partition coefficient (Wildman–Crippen LogP) is 1.39. The maximum Gasteiger partial charge on any atom is 0.489 e. The average molecular weight is 389 g/mol. The molecule has 7 heteroatoms. The number of para-hydroxylation sites is 1. The fourth-order valence-electron chi connectivity index (χ4n) is 4.16. The molecular formula is C22H24BN3O3. The number of amides is 1. The van der Waals surface area contributed by atoms with E-state index in [1.54, 1.807) is 24.3 Å². The van der Waals surface area contributed by atoms with E-state index in [1.807, 2.05) is 17.0 Å². The zero-order chi connectivity index (χ0) is 20.4. The van der Waals surface area contributed by atoms with Crippen molar-refractivity contribution >= 4 is 29.4 Å². The van der Waals surface area contributed by atoms with Crippen LogP contribution in [0.25, 0.3) is 10.9 Å². The van der Waals surface area contributed by atoms with Gasteiger partial charge in [0.25, 0.3) is 5.91 Å². The number of rotatable bonds is 4. The van der Waals surface area contributed by atoms with Gasteiger partial charge in [-0.2, -0.15) is 0 Å². The topological polar surface area (TPSA) is 99.7 Å². The van der Waals surface area contributed by atoms with Crippen molar-refractivity contribution in [3.8, 4) is 0 Å². The van der Waals surface area contributed by atoms with Crippen molar-refractivity contribution in [1.29, 1.82) is 0 Å². The van der Waals surface area contributed by atoms with Gasteiger partial charge in [-0.05, 0) is 47.5 Å². The van der Waals surface area contributed by atoms with E-state index in [0.29, 0.717) is 47.5 Å². The number of carbonyl (C=O) groups is 1. The van der Waals surface area contributed by atoms with Crippen LogP contribution in [0.2, 0.25) is 0 Å². The number of hydrogen-bond donors (Lipinski definition) is 3. The molecule has 0 atom stereocenters. The Kier molecular flexibility index (Phi) is 5.62. The Morgan fingerprint density at radius 1 is 1.14 bits per heavy atom. The second-order valence-corrected chi connectivity index (χ2v) is 7.49. The van der Waals surface area contributed by atoms with Gasteiger partial charge in [-0.3, -0.25) is 9.78 Å². The van der Waals surface area contributed by atoms with Crippen molar-refractivity contribution < 1.29 is 14.8 Å². The Bertz CT molecular complexity index is 1030. The van der Waals surface area contributed by atoms with Gasteiger partial charge >= 0.3 is 7.12 Å². The van der Waals surface area contributed by atoms with E-state index in [-0.39, 0.29) is 5.91 Å². The molecule has 2 aromatic carbocycles. The number of benzene rings is 2. The van der Waals surface area contributed by atoms with E-state index in [2.05, 4.69) is 17.1 Å². The van der Waals surface area contributed by atoms with E-state index in [0.717, 1.165) is 18.4 Å². The maximum atomic E-state index is 13.2. The van der Waals surface area contributed by atoms with Crippen molar-refractivity contribution in [2.45, 2.75) is 25.3 Å². The summed E-state index contributed by atoms with van der Waals surface area (Å²) in [4.78, 5) is 19.4. The van der Waals surface area contributed by atoms with Gasteiger partial charge in [0.15, 0.2) is 0 Å². The molecule has 1 fully saturated rings. The van der Waals surface area contributed by atoms with Crippen molar-refractivity contribution in [3.63, 3.8) is 0 Å². The number of aromatic nitrogens is 1. The lowest BCUT2D eigenvalue weighted by Crippen LogP contribution is -2.38. The van der Waals surface area contributed by atoms with Crippen LogP contribution in [0.15, 0.2) is 54.7 Å². The maximum absolute atomic E-state index is 13.2. The molecule has 0 radical (unpaired) electrons. The first kappa shape index (κ1) is 19.6. The molecule has 0 spiro atoms. The van der Waals surface area contributed by atoms with Crippen LogP contribution in [0.1, 0.15) is 40.2 Å². The Labute approximate surface area is 170 Å². The molecule has 0 aliphatic carbocycles. The molecule has 4 rings (SSSR count). The fraction of sp³-hybridized carbons (Fsp3) is 0.273. The molecule has 4 N–H and O–H groups in total. The normalized spacial score (nSPS) is 14.9. The van der Waals surface area contributed by atoms with Crippen molar-refractivity contribution in [3.05, 3.63) is 71.4 Å². The third-order valence-corrected chi connectivity index (χ3v) is 5.75. The zero-order valence-electron chi connectivity index (χ0n) is 16.2. The highest BCUT2D eigenvalue weighted by Gasteiger charge is 2.26. The van der Waals surface area contributed by atoms with Crippen LogP contribution < -0.4 is 11.2 Å². The van der Waals surface area contributed by atoms with Crippen LogP contribution in [0.4, 0.5) is 0 Å². The summed E-state index contributed by atoms with van der Waals surface area (Å²) in [6.45, 7) is 1.88. The summed E-state index contributed by atoms with van der Waals surface area (Å²) in [5, 5.41) is 19.8. The fourth-order valence-corrected chi connectivity index (χ4v) is 4.16. The van der Waals surface area contributed by atoms with Gasteiger partial charge in [-0.25, -0.2) is 0 Å². The number of nitrogens with zero attached hydrogens (tertiary/aromatic N) is 2. The smallest absolute Gasteiger partial charge is 0.423 e. The van der Waals surface area contributed by atoms with E-state index in [9.17, 15) is 14.8 Å². The minimum absolute atomic E-state index is 0.0677. The minimum atomic E-state index is -1.61. The van der Waals surface area contributed by atoms with Gasteiger partial charge in [0.1, 0.15) is 0 Å². The summed E-state index contributed by atoms with van der Waals surface area (Å²) in [7, 11) is -1.61. The van der Waals surface area contributed by atoms with Crippen molar-refractivity contribution in [2.75, 3.05) is 13.1 Å². The molecule has 3 aromatic rings. The summed E-state index contributed by atoms with van der Waals surface area (Å²) in [6.07, 6.45) is 3.31. The number of hydrogen-bond acceptors (Lipinski definition) is 5. The molecule has 2 heterocycles. The van der Waals surface area contributed by atoms with Crippen LogP contribution in [0.3, 0.4) is 0 Å². The Morgan fingerprint density at radius 2 is 1.90 bits per heavy atom. The van der Waals surface area contributed by atoms with Crippen LogP contribution in [0, 0.1) is 0 Å². The third kappa shape index (κ3) is 3.89. The lowest BCUT2D eigenvalue weighted by atomic mass is 9.78. The SMILES string of the molecule is NCc1cccc(C2CCN(C(=O)c3cccc4c(B(O)O)ccnc34)CC2)c1. The lowest BCUT2D eigenvalue weighted by molar-refractivity contribution is 0.0714. The first-order valence-electron chi connectivity index (χ1n) is 9.90. The van der Waals surface area contributed by atoms with E-state index >= 15 is 0 Å². The van der Waals surface area contributed by atoms with Gasteiger partial charge < -0.3 is 20.7 Å². The third-order valence-electron chi connectivity index (χ3n) is 5.75. The monoisotopic (exact) mass is 389 g/mol. The molecule has 29 heavy (non-hydrogen) atoms. The summed E-state index contributed by atoms with van der Waals surface area (Å²) in [5.41, 5.74) is 9.52. The highest BCUT2D eigenvalue weighted by molar-refractivity contribution is 6.62. The van der Waals surface area contributed by atoms with Gasteiger partial charge in [-0.1, -0.05) is 36.4 Å². The van der Waals surface area contributed by atoms with Crippen molar-refractivity contribution in [2.24, 2.45) is 5.73 Å². The van der Waals surface area contributed by atoms with E-state index < -0.39 is 7.12 Å². The predicted molar refractivity (Wildman–Crippen MR) is 114 cm³/mol. The summed E-state index contributed by atoms with van der Waals surface area (Å²) >= 11 is 0. The Balaban J connectivity index is 1.54. The van der Waals surface area contributed by atoms with Crippen LogP contribution in [-0.2, 0) is 6.54 Å². The second kappa shape index (κ2) is 8.33. The summed E-state index contributed by atoms with van der Waals surface area (Å²) in [5.74, 6) is 0.356. The van der Waals surface area contributed by atoms with Gasteiger partial charge in [0, 0.05) is 31.2 Å². The standard InChI is InChI=1S/C22H24BN3O3/c24-14-15-3-1-4-17(13-15)16-8-11-26(12-9-16)22(27)19-6-2-5-18-20(23(28)29)7-10-25-21(18)19/h1-7,10,13,16,28-29H,8-9,11-12,14,24H2. The Hall–Kier alpha value is -2.74. The highest BCUT2D eigenvalue weighted by atomic mass is 16.4. The molecule has 1 aliphatic rings. The van der Waals surface area contributed by atoms with E-state index in [4.69, 9.17) is 5.73 Å².